The van der Waals surface area contributed by atoms with Crippen LogP contribution in [0.15, 0.2) is 0 Å². The van der Waals surface area contributed by atoms with Gasteiger partial charge in [0.2, 0.25) is 0 Å². The highest BCUT2D eigenvalue weighted by atomic mass is 16.5. The van der Waals surface area contributed by atoms with Crippen molar-refractivity contribution in [2.24, 2.45) is 11.8 Å². The summed E-state index contributed by atoms with van der Waals surface area (Å²) in [5, 5.41) is 0. The summed E-state index contributed by atoms with van der Waals surface area (Å²) in [6.07, 6.45) is 2.34. The van der Waals surface area contributed by atoms with Gasteiger partial charge >= 0.3 is 11.9 Å². The van der Waals surface area contributed by atoms with E-state index in [0.29, 0.717) is 13.2 Å². The fourth-order valence-corrected chi connectivity index (χ4v) is 1.53. The number of carbonyl (C=O) groups is 2. The summed E-state index contributed by atoms with van der Waals surface area (Å²) in [6.45, 7) is 8.14. The van der Waals surface area contributed by atoms with E-state index in [1.165, 1.54) is 0 Å². The second-order valence-electron chi connectivity index (χ2n) is 4.24. The molecule has 0 N–H and O–H groups in total. The Morgan fingerprint density at radius 3 is 1.53 bits per heavy atom. The van der Waals surface area contributed by atoms with Crippen molar-refractivity contribution >= 4 is 11.9 Å². The van der Waals surface area contributed by atoms with Gasteiger partial charge in [0.25, 0.3) is 0 Å². The molecule has 2 unspecified atom stereocenters. The van der Waals surface area contributed by atoms with Crippen LogP contribution in [0.2, 0.25) is 0 Å². The first-order valence-electron chi connectivity index (χ1n) is 6.36. The highest BCUT2D eigenvalue weighted by molar-refractivity contribution is 5.72. The van der Waals surface area contributed by atoms with Crippen LogP contribution in [-0.4, -0.2) is 25.2 Å². The van der Waals surface area contributed by atoms with Crippen LogP contribution in [0, 0.1) is 11.8 Å². The summed E-state index contributed by atoms with van der Waals surface area (Å²) >= 11 is 0. The van der Waals surface area contributed by atoms with Crippen LogP contribution in [0.5, 0.6) is 0 Å². The minimum Gasteiger partial charge on any atom is -0.466 e. The van der Waals surface area contributed by atoms with Crippen molar-refractivity contribution in [2.75, 3.05) is 13.2 Å². The van der Waals surface area contributed by atoms with Gasteiger partial charge in [-0.1, -0.05) is 20.3 Å². The first kappa shape index (κ1) is 15.9. The third kappa shape index (κ3) is 6.97. The summed E-state index contributed by atoms with van der Waals surface area (Å²) < 4.78 is 9.83. The molecule has 4 nitrogen and oxygen atoms in total. The molecule has 0 saturated carbocycles. The van der Waals surface area contributed by atoms with Crippen LogP contribution in [-0.2, 0) is 19.1 Å². The largest absolute Gasteiger partial charge is 0.466 e. The molecule has 0 amide bonds. The van der Waals surface area contributed by atoms with E-state index in [9.17, 15) is 9.59 Å². The number of hydrogen-bond acceptors (Lipinski definition) is 4. The van der Waals surface area contributed by atoms with Gasteiger partial charge in [0, 0.05) is 0 Å². The molecule has 0 aromatic heterocycles. The van der Waals surface area contributed by atoms with Gasteiger partial charge in [0.15, 0.2) is 0 Å². The Bertz CT molecular complexity index is 214. The highest BCUT2D eigenvalue weighted by Crippen LogP contribution is 2.15. The van der Waals surface area contributed by atoms with Crippen molar-refractivity contribution in [3.8, 4) is 0 Å². The number of rotatable bonds is 8. The summed E-state index contributed by atoms with van der Waals surface area (Å²) in [7, 11) is 0. The molecule has 0 aliphatic carbocycles. The van der Waals surface area contributed by atoms with E-state index in [0.717, 1.165) is 19.3 Å². The van der Waals surface area contributed by atoms with E-state index in [-0.39, 0.29) is 23.8 Å². The first-order chi connectivity index (χ1) is 8.02. The van der Waals surface area contributed by atoms with Crippen LogP contribution >= 0.6 is 0 Å². The molecule has 4 heteroatoms. The quantitative estimate of drug-likeness (QED) is 0.616. The molecule has 17 heavy (non-hydrogen) atoms. The summed E-state index contributed by atoms with van der Waals surface area (Å²) in [5.74, 6) is -0.499. The molecule has 0 spiro atoms. The minimum atomic E-state index is -0.156. The Balaban J connectivity index is 3.75. The van der Waals surface area contributed by atoms with E-state index in [2.05, 4.69) is 0 Å². The maximum absolute atomic E-state index is 11.3. The number of ether oxygens (including phenoxy) is 2. The fourth-order valence-electron chi connectivity index (χ4n) is 1.53. The summed E-state index contributed by atoms with van der Waals surface area (Å²) in [5.41, 5.74) is 0. The van der Waals surface area contributed by atoms with Gasteiger partial charge in [-0.25, -0.2) is 0 Å². The van der Waals surface area contributed by atoms with E-state index in [1.54, 1.807) is 13.8 Å². The summed E-state index contributed by atoms with van der Waals surface area (Å²) in [4.78, 5) is 22.7. The molecule has 0 rings (SSSR count). The second kappa shape index (κ2) is 9.02. The van der Waals surface area contributed by atoms with Crippen molar-refractivity contribution in [2.45, 2.75) is 47.0 Å². The Kier molecular flexibility index (Phi) is 8.46. The maximum atomic E-state index is 11.3. The van der Waals surface area contributed by atoms with Gasteiger partial charge in [0.05, 0.1) is 25.0 Å². The molecule has 0 aliphatic rings. The maximum Gasteiger partial charge on any atom is 0.308 e. The van der Waals surface area contributed by atoms with Crippen molar-refractivity contribution in [1.29, 1.82) is 0 Å². The van der Waals surface area contributed by atoms with Crippen molar-refractivity contribution in [1.82, 2.24) is 0 Å². The lowest BCUT2D eigenvalue weighted by Crippen LogP contribution is -2.17. The van der Waals surface area contributed by atoms with Gasteiger partial charge in [-0.3, -0.25) is 9.59 Å². The van der Waals surface area contributed by atoms with Crippen LogP contribution in [0.25, 0.3) is 0 Å². The highest BCUT2D eigenvalue weighted by Gasteiger charge is 2.17. The molecule has 0 fully saturated rings. The lowest BCUT2D eigenvalue weighted by molar-refractivity contribution is -0.147. The smallest absolute Gasteiger partial charge is 0.308 e. The van der Waals surface area contributed by atoms with E-state index >= 15 is 0 Å². The lowest BCUT2D eigenvalue weighted by Gasteiger charge is -2.12. The predicted molar refractivity (Wildman–Crippen MR) is 65.4 cm³/mol. The topological polar surface area (TPSA) is 52.6 Å². The third-order valence-corrected chi connectivity index (χ3v) is 2.65. The molecule has 0 saturated heterocycles. The normalized spacial score (nSPS) is 13.9. The minimum absolute atomic E-state index is 0.0932. The van der Waals surface area contributed by atoms with E-state index in [1.807, 2.05) is 13.8 Å². The number of carbonyl (C=O) groups excluding carboxylic acids is 2. The molecule has 0 aromatic rings. The Hall–Kier alpha value is -1.06. The van der Waals surface area contributed by atoms with Crippen molar-refractivity contribution in [3.63, 3.8) is 0 Å². The SMILES string of the molecule is CCOC(=O)C(C)CCCC(C)C(=O)OCC. The Morgan fingerprint density at radius 2 is 1.24 bits per heavy atom. The van der Waals surface area contributed by atoms with Gasteiger partial charge in [-0.2, -0.15) is 0 Å². The number of hydrogen-bond donors (Lipinski definition) is 0. The molecule has 0 radical (unpaired) electrons. The molecule has 100 valence electrons. The summed E-state index contributed by atoms with van der Waals surface area (Å²) in [6, 6.07) is 0. The molecule has 0 bridgehead atoms. The van der Waals surface area contributed by atoms with Crippen LogP contribution in [0.1, 0.15) is 47.0 Å². The Labute approximate surface area is 104 Å². The molecule has 0 heterocycles. The zero-order valence-electron chi connectivity index (χ0n) is 11.3. The standard InChI is InChI=1S/C13H24O4/c1-5-16-12(14)10(3)8-7-9-11(4)13(15)17-6-2/h10-11H,5-9H2,1-4H3. The zero-order valence-corrected chi connectivity index (χ0v) is 11.3. The second-order valence-corrected chi connectivity index (χ2v) is 4.24. The molecular formula is C13H24O4. The fraction of sp³-hybridized carbons (Fsp3) is 0.846. The van der Waals surface area contributed by atoms with Crippen LogP contribution in [0.3, 0.4) is 0 Å². The predicted octanol–water partition coefficient (Wildman–Crippen LogP) is 2.56. The first-order valence-corrected chi connectivity index (χ1v) is 6.36. The average molecular weight is 244 g/mol. The van der Waals surface area contributed by atoms with E-state index < -0.39 is 0 Å². The van der Waals surface area contributed by atoms with Crippen LogP contribution < -0.4 is 0 Å². The molecule has 0 aliphatic heterocycles. The average Bonchev–Trinajstić information content (AvgIpc) is 2.29. The third-order valence-electron chi connectivity index (χ3n) is 2.65. The van der Waals surface area contributed by atoms with Crippen molar-refractivity contribution < 1.29 is 19.1 Å². The van der Waals surface area contributed by atoms with Gasteiger partial charge in [-0.15, -0.1) is 0 Å². The zero-order chi connectivity index (χ0) is 13.3. The van der Waals surface area contributed by atoms with E-state index in [4.69, 9.17) is 9.47 Å². The van der Waals surface area contributed by atoms with Crippen LogP contribution in [0.4, 0.5) is 0 Å². The monoisotopic (exact) mass is 244 g/mol. The molecule has 0 aromatic carbocycles. The van der Waals surface area contributed by atoms with Gasteiger partial charge in [-0.05, 0) is 26.7 Å². The van der Waals surface area contributed by atoms with Gasteiger partial charge < -0.3 is 9.47 Å². The van der Waals surface area contributed by atoms with Crippen molar-refractivity contribution in [3.05, 3.63) is 0 Å². The molecule has 2 atom stereocenters. The molecular weight excluding hydrogens is 220 g/mol. The Morgan fingerprint density at radius 1 is 0.882 bits per heavy atom. The number of esters is 2. The lowest BCUT2D eigenvalue weighted by atomic mass is 9.99. The van der Waals surface area contributed by atoms with Gasteiger partial charge in [0.1, 0.15) is 0 Å².